The molecule has 8 rings (SSSR count). The van der Waals surface area contributed by atoms with E-state index in [-0.39, 0.29) is 27.8 Å². The van der Waals surface area contributed by atoms with Crippen molar-refractivity contribution in [3.8, 4) is 23.2 Å². The molecular weight excluding hydrogens is 640 g/mol. The van der Waals surface area contributed by atoms with Crippen molar-refractivity contribution in [2.75, 3.05) is 36.0 Å². The van der Waals surface area contributed by atoms with Gasteiger partial charge in [0, 0.05) is 54.9 Å². The number of benzene rings is 3. The first kappa shape index (κ1) is 28.9. The highest BCUT2D eigenvalue weighted by molar-refractivity contribution is 7.98. The maximum atomic E-state index is 12.7. The third kappa shape index (κ3) is 5.93. The van der Waals surface area contributed by atoms with Crippen molar-refractivity contribution in [2.24, 2.45) is 0 Å². The zero-order valence-corrected chi connectivity index (χ0v) is 26.1. The minimum atomic E-state index is -0.582. The van der Waals surface area contributed by atoms with Crippen molar-refractivity contribution in [3.05, 3.63) is 107 Å². The van der Waals surface area contributed by atoms with Crippen LogP contribution in [0.15, 0.2) is 115 Å². The quantitative estimate of drug-likeness (QED) is 0.172. The lowest BCUT2D eigenvalue weighted by Crippen LogP contribution is -2.47. The number of fused-ring (bicyclic) bond motifs is 2. The zero-order valence-electron chi connectivity index (χ0n) is 24.5. The van der Waals surface area contributed by atoms with Gasteiger partial charge in [-0.25, -0.2) is 4.79 Å². The Labute approximate surface area is 276 Å². The van der Waals surface area contributed by atoms with Gasteiger partial charge in [-0.1, -0.05) is 60.1 Å². The second-order valence-corrected chi connectivity index (χ2v) is 11.8. The van der Waals surface area contributed by atoms with Gasteiger partial charge >= 0.3 is 11.6 Å². The molecule has 7 aromatic rings. The summed E-state index contributed by atoms with van der Waals surface area (Å²) < 4.78 is 17.5. The van der Waals surface area contributed by atoms with Gasteiger partial charge in [-0.3, -0.25) is 4.98 Å². The molecule has 14 heteroatoms. The minimum Gasteiger partial charge on any atom is -0.422 e. The Balaban J connectivity index is 1.10. The van der Waals surface area contributed by atoms with E-state index in [1.165, 1.54) is 0 Å². The van der Waals surface area contributed by atoms with E-state index in [4.69, 9.17) is 30.2 Å². The lowest BCUT2D eigenvalue weighted by Gasteiger charge is -2.36. The van der Waals surface area contributed by atoms with Crippen LogP contribution in [0.25, 0.3) is 33.3 Å². The van der Waals surface area contributed by atoms with Gasteiger partial charge in [-0.2, -0.15) is 15.0 Å². The number of hydrogen-bond acceptors (Lipinski definition) is 13. The molecule has 47 heavy (non-hydrogen) atoms. The number of rotatable bonds is 7. The predicted molar refractivity (Wildman–Crippen MR) is 177 cm³/mol. The SMILES string of the molecule is O=c1oc2ccccc2cc1-c1nnc(Sc2nc(Oc3cccc4cccnc34)nc(N3CCN(c4ccccc4Cl)CC3)n2)o1. The lowest BCUT2D eigenvalue weighted by atomic mass is 10.2. The van der Waals surface area contributed by atoms with Crippen LogP contribution in [-0.2, 0) is 0 Å². The van der Waals surface area contributed by atoms with Crippen LogP contribution in [0, 0.1) is 0 Å². The first-order valence-electron chi connectivity index (χ1n) is 14.6. The number of halogens is 1. The van der Waals surface area contributed by atoms with Crippen LogP contribution in [0.2, 0.25) is 5.02 Å². The van der Waals surface area contributed by atoms with Gasteiger partial charge in [0.05, 0.1) is 10.7 Å². The summed E-state index contributed by atoms with van der Waals surface area (Å²) in [5, 5.41) is 11.0. The third-order valence-electron chi connectivity index (χ3n) is 7.59. The van der Waals surface area contributed by atoms with Crippen LogP contribution in [0.4, 0.5) is 11.6 Å². The van der Waals surface area contributed by atoms with E-state index in [9.17, 15) is 4.79 Å². The second kappa shape index (κ2) is 12.3. The average molecular weight is 663 g/mol. The summed E-state index contributed by atoms with van der Waals surface area (Å²) in [6.07, 6.45) is 1.71. The summed E-state index contributed by atoms with van der Waals surface area (Å²) in [5.41, 5.74) is 1.70. The molecule has 0 amide bonds. The van der Waals surface area contributed by atoms with Crippen molar-refractivity contribution >= 4 is 56.9 Å². The van der Waals surface area contributed by atoms with E-state index in [1.54, 1.807) is 24.4 Å². The van der Waals surface area contributed by atoms with Gasteiger partial charge in [0.1, 0.15) is 16.7 Å². The Morgan fingerprint density at radius 1 is 0.787 bits per heavy atom. The first-order chi connectivity index (χ1) is 23.1. The van der Waals surface area contributed by atoms with E-state index in [2.05, 4.69) is 34.9 Å². The molecule has 0 N–H and O–H groups in total. The number of aromatic nitrogens is 6. The fourth-order valence-corrected chi connectivity index (χ4v) is 6.19. The largest absolute Gasteiger partial charge is 0.422 e. The molecule has 1 fully saturated rings. The number of para-hydroxylation sites is 3. The monoisotopic (exact) mass is 662 g/mol. The van der Waals surface area contributed by atoms with Gasteiger partial charge in [-0.05, 0) is 36.4 Å². The van der Waals surface area contributed by atoms with Crippen LogP contribution < -0.4 is 20.2 Å². The fourth-order valence-electron chi connectivity index (χ4n) is 5.32. The molecule has 0 bridgehead atoms. The van der Waals surface area contributed by atoms with Gasteiger partial charge < -0.3 is 23.4 Å². The highest BCUT2D eigenvalue weighted by Crippen LogP contribution is 2.33. The molecule has 5 heterocycles. The van der Waals surface area contributed by atoms with Gasteiger partial charge in [-0.15, -0.1) is 10.2 Å². The molecular formula is C33H23ClN8O4S. The van der Waals surface area contributed by atoms with Crippen molar-refractivity contribution in [2.45, 2.75) is 10.4 Å². The minimum absolute atomic E-state index is 0.0234. The summed E-state index contributed by atoms with van der Waals surface area (Å²) in [5.74, 6) is 0.956. The molecule has 1 aliphatic rings. The summed E-state index contributed by atoms with van der Waals surface area (Å²) >= 11 is 7.50. The number of hydrogen-bond donors (Lipinski definition) is 0. The summed E-state index contributed by atoms with van der Waals surface area (Å²) in [6.45, 7) is 2.69. The molecule has 12 nitrogen and oxygen atoms in total. The molecule has 0 saturated carbocycles. The van der Waals surface area contributed by atoms with Crippen LogP contribution >= 0.6 is 23.4 Å². The number of anilines is 2. The molecule has 1 aliphatic heterocycles. The molecule has 1 saturated heterocycles. The lowest BCUT2D eigenvalue weighted by molar-refractivity contribution is 0.433. The van der Waals surface area contributed by atoms with Crippen molar-refractivity contribution in [1.82, 2.24) is 30.1 Å². The summed E-state index contributed by atoms with van der Waals surface area (Å²) in [6, 6.07) is 26.2. The van der Waals surface area contributed by atoms with E-state index in [0.717, 1.165) is 28.2 Å². The molecule has 0 atom stereocenters. The van der Waals surface area contributed by atoms with Crippen molar-refractivity contribution < 1.29 is 13.6 Å². The average Bonchev–Trinajstić information content (AvgIpc) is 3.56. The summed E-state index contributed by atoms with van der Waals surface area (Å²) in [4.78, 5) is 35.5. The molecule has 0 aliphatic carbocycles. The van der Waals surface area contributed by atoms with Crippen molar-refractivity contribution in [1.29, 1.82) is 0 Å². The van der Waals surface area contributed by atoms with Crippen LogP contribution in [0.3, 0.4) is 0 Å². The highest BCUT2D eigenvalue weighted by atomic mass is 35.5. The Hall–Kier alpha value is -5.53. The normalized spacial score (nSPS) is 13.4. The third-order valence-corrected chi connectivity index (χ3v) is 8.62. The number of ether oxygens (including phenoxy) is 1. The van der Waals surface area contributed by atoms with Gasteiger partial charge in [0.25, 0.3) is 11.1 Å². The maximum Gasteiger partial charge on any atom is 0.349 e. The molecule has 0 spiro atoms. The predicted octanol–water partition coefficient (Wildman–Crippen LogP) is 6.50. The molecule has 3 aromatic carbocycles. The molecule has 0 radical (unpaired) electrons. The van der Waals surface area contributed by atoms with E-state index >= 15 is 0 Å². The van der Waals surface area contributed by atoms with Crippen LogP contribution in [0.1, 0.15) is 0 Å². The zero-order chi connectivity index (χ0) is 31.7. The maximum absolute atomic E-state index is 12.7. The highest BCUT2D eigenvalue weighted by Gasteiger charge is 2.24. The number of piperazine rings is 1. The fraction of sp³-hybridized carbons (Fsp3) is 0.121. The van der Waals surface area contributed by atoms with E-state index < -0.39 is 5.63 Å². The Bertz CT molecular complexity index is 2300. The second-order valence-electron chi connectivity index (χ2n) is 10.5. The van der Waals surface area contributed by atoms with E-state index in [1.807, 2.05) is 66.7 Å². The Morgan fingerprint density at radius 3 is 2.47 bits per heavy atom. The molecule has 232 valence electrons. The van der Waals surface area contributed by atoms with Gasteiger partial charge in [0.15, 0.2) is 5.75 Å². The summed E-state index contributed by atoms with van der Waals surface area (Å²) in [7, 11) is 0. The van der Waals surface area contributed by atoms with E-state index in [0.29, 0.717) is 54.0 Å². The molecule has 4 aromatic heterocycles. The first-order valence-corrected chi connectivity index (χ1v) is 15.8. The number of nitrogens with zero attached hydrogens (tertiary/aromatic N) is 8. The molecule has 0 unspecified atom stereocenters. The van der Waals surface area contributed by atoms with Crippen LogP contribution in [-0.4, -0.2) is 56.3 Å². The van der Waals surface area contributed by atoms with Crippen LogP contribution in [0.5, 0.6) is 11.8 Å². The van der Waals surface area contributed by atoms with Crippen molar-refractivity contribution in [3.63, 3.8) is 0 Å². The number of pyridine rings is 1. The topological polar surface area (TPSA) is 136 Å². The Kier molecular flexibility index (Phi) is 7.59. The standard InChI is InChI=1S/C33H23ClN8O4S/c34-23-10-2-3-11-24(23)41-15-17-42(18-16-41)30-36-31(45-26-13-5-8-20-9-6-14-35-27(20)26)38-32(37-30)47-33-40-39-28(46-33)22-19-21-7-1-4-12-25(21)44-29(22)43/h1-14,19H,15-18H2. The Morgan fingerprint density at radius 2 is 1.57 bits per heavy atom. The smallest absolute Gasteiger partial charge is 0.349 e. The van der Waals surface area contributed by atoms with Gasteiger partial charge in [0.2, 0.25) is 11.1 Å².